The molecule has 1 aliphatic rings. The summed E-state index contributed by atoms with van der Waals surface area (Å²) in [4.78, 5) is 26.8. The minimum absolute atomic E-state index is 0.230. The van der Waals surface area contributed by atoms with Gasteiger partial charge < -0.3 is 15.1 Å². The highest BCUT2D eigenvalue weighted by molar-refractivity contribution is 5.89. The van der Waals surface area contributed by atoms with Crippen molar-refractivity contribution in [3.8, 4) is 6.07 Å². The predicted molar refractivity (Wildman–Crippen MR) is 144 cm³/mol. The maximum absolute atomic E-state index is 13.4. The summed E-state index contributed by atoms with van der Waals surface area (Å²) in [6.45, 7) is 6.34. The first-order chi connectivity index (χ1) is 18.1. The number of piperazine rings is 1. The molecule has 2 heterocycles. The van der Waals surface area contributed by atoms with E-state index in [0.717, 1.165) is 43.8 Å². The molecule has 0 unspecified atom stereocenters. The molecule has 1 aliphatic heterocycles. The average Bonchev–Trinajstić information content (AvgIpc) is 2.94. The van der Waals surface area contributed by atoms with Crippen molar-refractivity contribution in [2.45, 2.75) is 25.4 Å². The molecule has 1 aromatic heterocycles. The number of fused-ring (bicyclic) bond motifs is 1. The second-order valence-electron chi connectivity index (χ2n) is 9.52. The Morgan fingerprint density at radius 3 is 2.19 bits per heavy atom. The van der Waals surface area contributed by atoms with E-state index in [1.54, 1.807) is 0 Å². The van der Waals surface area contributed by atoms with Gasteiger partial charge in [-0.25, -0.2) is 9.97 Å². The number of nitrogens with one attached hydrogen (secondary N) is 2. The lowest BCUT2D eigenvalue weighted by molar-refractivity contribution is -0.914. The van der Waals surface area contributed by atoms with Crippen LogP contribution in [0.4, 0.5) is 5.82 Å². The number of carbonyl (C=O) groups is 1. The average molecular weight is 492 g/mol. The Morgan fingerprint density at radius 2 is 1.54 bits per heavy atom. The molecule has 3 aromatic carbocycles. The third kappa shape index (κ3) is 5.60. The number of nitriles is 1. The van der Waals surface area contributed by atoms with Gasteiger partial charge in [0.1, 0.15) is 12.2 Å². The Balaban J connectivity index is 1.39. The van der Waals surface area contributed by atoms with E-state index in [9.17, 15) is 10.1 Å². The lowest BCUT2D eigenvalue weighted by atomic mass is 10.0. The lowest BCUT2D eigenvalue weighted by Gasteiger charge is -2.34. The van der Waals surface area contributed by atoms with E-state index in [-0.39, 0.29) is 11.9 Å². The maximum atomic E-state index is 13.4. The van der Waals surface area contributed by atoms with E-state index in [4.69, 9.17) is 9.97 Å². The molecule has 37 heavy (non-hydrogen) atoms. The fraction of sp³-hybridized carbons (Fsp3) is 0.267. The van der Waals surface area contributed by atoms with Crippen LogP contribution in [-0.2, 0) is 11.3 Å². The van der Waals surface area contributed by atoms with Crippen LogP contribution in [0.25, 0.3) is 11.0 Å². The number of quaternary nitrogens is 1. The third-order valence-electron chi connectivity index (χ3n) is 6.97. The second kappa shape index (κ2) is 11.2. The van der Waals surface area contributed by atoms with Crippen molar-refractivity contribution >= 4 is 22.8 Å². The summed E-state index contributed by atoms with van der Waals surface area (Å²) >= 11 is 0. The van der Waals surface area contributed by atoms with Crippen LogP contribution in [0, 0.1) is 11.3 Å². The molecule has 2 N–H and O–H groups in total. The molecule has 0 saturated carbocycles. The summed E-state index contributed by atoms with van der Waals surface area (Å²) in [7, 11) is 0. The van der Waals surface area contributed by atoms with Gasteiger partial charge in [0.05, 0.1) is 49.3 Å². The van der Waals surface area contributed by atoms with Crippen molar-refractivity contribution in [3.05, 3.63) is 102 Å². The summed E-state index contributed by atoms with van der Waals surface area (Å²) in [6.07, 6.45) is 0. The topological polar surface area (TPSA) is 86.3 Å². The Labute approximate surface area is 217 Å². The zero-order chi connectivity index (χ0) is 25.6. The zero-order valence-corrected chi connectivity index (χ0v) is 21.0. The Hall–Kier alpha value is -4.28. The molecule has 4 aromatic rings. The molecule has 7 nitrogen and oxygen atoms in total. The van der Waals surface area contributed by atoms with Crippen LogP contribution in [0.1, 0.15) is 35.7 Å². The van der Waals surface area contributed by atoms with Gasteiger partial charge in [-0.3, -0.25) is 4.79 Å². The highest BCUT2D eigenvalue weighted by Crippen LogP contribution is 2.28. The van der Waals surface area contributed by atoms with Crippen LogP contribution in [0.15, 0.2) is 84.9 Å². The fourth-order valence-corrected chi connectivity index (χ4v) is 4.89. The number of hydrogen-bond donors (Lipinski definition) is 2. The third-order valence-corrected chi connectivity index (χ3v) is 6.97. The lowest BCUT2D eigenvalue weighted by Crippen LogP contribution is -3.13. The quantitative estimate of drug-likeness (QED) is 0.415. The van der Waals surface area contributed by atoms with E-state index >= 15 is 0 Å². The minimum Gasteiger partial charge on any atom is -0.348 e. The fourth-order valence-electron chi connectivity index (χ4n) is 4.89. The van der Waals surface area contributed by atoms with E-state index in [2.05, 4.69) is 40.6 Å². The van der Waals surface area contributed by atoms with Gasteiger partial charge in [-0.15, -0.1) is 0 Å². The van der Waals surface area contributed by atoms with Crippen molar-refractivity contribution in [2.75, 3.05) is 31.1 Å². The first-order valence-corrected chi connectivity index (χ1v) is 12.8. The number of hydrogen-bond acceptors (Lipinski definition) is 5. The van der Waals surface area contributed by atoms with Crippen LogP contribution in [0.3, 0.4) is 0 Å². The molecule has 0 bridgehead atoms. The molecular formula is C30H31N6O+. The smallest absolute Gasteiger partial charge is 0.244 e. The predicted octanol–water partition coefficient (Wildman–Crippen LogP) is 3.02. The molecule has 0 aliphatic carbocycles. The highest BCUT2D eigenvalue weighted by Gasteiger charge is 2.31. The SMILES string of the molecule is C[C@H](NC(=O)[C@@H](C#N)c1nc2ccccc2nc1N1CC[NH+](Cc2ccccc2)CC1)c1ccccc1. The van der Waals surface area contributed by atoms with Crippen LogP contribution >= 0.6 is 0 Å². The first kappa shape index (κ1) is 24.4. The molecule has 2 atom stereocenters. The van der Waals surface area contributed by atoms with Gasteiger partial charge in [-0.1, -0.05) is 72.8 Å². The summed E-state index contributed by atoms with van der Waals surface area (Å²) in [5, 5.41) is 13.1. The molecule has 1 saturated heterocycles. The van der Waals surface area contributed by atoms with Gasteiger partial charge >= 0.3 is 0 Å². The number of anilines is 1. The minimum atomic E-state index is -1.06. The van der Waals surface area contributed by atoms with Crippen molar-refractivity contribution in [1.82, 2.24) is 15.3 Å². The Kier molecular flexibility index (Phi) is 7.38. The molecule has 7 heteroatoms. The van der Waals surface area contributed by atoms with Gasteiger partial charge in [0, 0.05) is 5.56 Å². The monoisotopic (exact) mass is 491 g/mol. The number of benzene rings is 3. The van der Waals surface area contributed by atoms with E-state index in [1.807, 2.05) is 67.6 Å². The summed E-state index contributed by atoms with van der Waals surface area (Å²) in [5.41, 5.74) is 4.17. The van der Waals surface area contributed by atoms with Crippen molar-refractivity contribution < 1.29 is 9.69 Å². The van der Waals surface area contributed by atoms with Gasteiger partial charge in [0.2, 0.25) is 5.91 Å². The van der Waals surface area contributed by atoms with Crippen LogP contribution in [-0.4, -0.2) is 42.1 Å². The largest absolute Gasteiger partial charge is 0.348 e. The van der Waals surface area contributed by atoms with E-state index in [0.29, 0.717) is 17.0 Å². The molecule has 1 amide bonds. The van der Waals surface area contributed by atoms with Crippen molar-refractivity contribution in [1.29, 1.82) is 5.26 Å². The van der Waals surface area contributed by atoms with Crippen molar-refractivity contribution in [3.63, 3.8) is 0 Å². The number of para-hydroxylation sites is 2. The standard InChI is InChI=1S/C30H30N6O/c1-22(24-12-6-3-7-13-24)32-30(37)25(20-31)28-29(34-27-15-9-8-14-26(27)33-28)36-18-16-35(17-19-36)21-23-10-4-2-5-11-23/h2-15,22,25H,16-19,21H2,1H3,(H,32,37)/p+1/t22-,25-/m0/s1. The summed E-state index contributed by atoms with van der Waals surface area (Å²) in [6, 6.07) is 29.9. The number of aromatic nitrogens is 2. The number of nitrogens with zero attached hydrogens (tertiary/aromatic N) is 4. The van der Waals surface area contributed by atoms with Crippen LogP contribution < -0.4 is 15.1 Å². The maximum Gasteiger partial charge on any atom is 0.244 e. The second-order valence-corrected chi connectivity index (χ2v) is 9.52. The number of amides is 1. The van der Waals surface area contributed by atoms with Crippen LogP contribution in [0.5, 0.6) is 0 Å². The number of carbonyl (C=O) groups excluding carboxylic acids is 1. The Morgan fingerprint density at radius 1 is 0.946 bits per heavy atom. The van der Waals surface area contributed by atoms with Gasteiger partial charge in [0.15, 0.2) is 11.7 Å². The van der Waals surface area contributed by atoms with Crippen LogP contribution in [0.2, 0.25) is 0 Å². The van der Waals surface area contributed by atoms with Crippen molar-refractivity contribution in [2.24, 2.45) is 0 Å². The molecule has 0 spiro atoms. The van der Waals surface area contributed by atoms with Gasteiger partial charge in [-0.2, -0.15) is 5.26 Å². The summed E-state index contributed by atoms with van der Waals surface area (Å²) in [5.74, 6) is -0.794. The normalized spacial score (nSPS) is 15.6. The molecular weight excluding hydrogens is 460 g/mol. The van der Waals surface area contributed by atoms with E-state index in [1.165, 1.54) is 10.5 Å². The Bertz CT molecular complexity index is 1390. The zero-order valence-electron chi connectivity index (χ0n) is 21.0. The highest BCUT2D eigenvalue weighted by atomic mass is 16.2. The summed E-state index contributed by atoms with van der Waals surface area (Å²) < 4.78 is 0. The molecule has 1 fully saturated rings. The first-order valence-electron chi connectivity index (χ1n) is 12.8. The molecule has 186 valence electrons. The van der Waals surface area contributed by atoms with E-state index < -0.39 is 5.92 Å². The van der Waals surface area contributed by atoms with Gasteiger partial charge in [-0.05, 0) is 24.6 Å². The van der Waals surface area contributed by atoms with Gasteiger partial charge in [0.25, 0.3) is 0 Å². The molecule has 0 radical (unpaired) electrons. The molecule has 5 rings (SSSR count). The number of rotatable bonds is 7.